The van der Waals surface area contributed by atoms with Crippen LogP contribution in [-0.4, -0.2) is 11.7 Å². The summed E-state index contributed by atoms with van der Waals surface area (Å²) in [7, 11) is 0. The molecule has 0 fully saturated rings. The molecular weight excluding hydrogens is 273 g/mol. The van der Waals surface area contributed by atoms with E-state index in [1.165, 1.54) is 17.8 Å². The Hall–Kier alpha value is -1.81. The standard InChI is InChI=1S/C16H16FNOS/c1-12(13-7-3-2-4-8-13)18-16(19)11-20-15-10-6-5-9-14(15)17/h2-10,12H,11H2,1H3,(H,18,19). The van der Waals surface area contributed by atoms with Crippen LogP contribution in [0.2, 0.25) is 0 Å². The highest BCUT2D eigenvalue weighted by atomic mass is 32.2. The Balaban J connectivity index is 1.86. The van der Waals surface area contributed by atoms with Gasteiger partial charge in [-0.1, -0.05) is 42.5 Å². The largest absolute Gasteiger partial charge is 0.349 e. The Morgan fingerprint density at radius 2 is 1.80 bits per heavy atom. The molecule has 0 saturated heterocycles. The Kier molecular flexibility index (Phi) is 5.18. The number of hydrogen-bond donors (Lipinski definition) is 1. The molecule has 0 aliphatic rings. The Morgan fingerprint density at radius 3 is 2.50 bits per heavy atom. The molecule has 2 aromatic rings. The molecule has 0 radical (unpaired) electrons. The zero-order valence-electron chi connectivity index (χ0n) is 11.2. The number of carbonyl (C=O) groups excluding carboxylic acids is 1. The zero-order valence-corrected chi connectivity index (χ0v) is 12.0. The van der Waals surface area contributed by atoms with E-state index in [2.05, 4.69) is 5.32 Å². The second-order valence-corrected chi connectivity index (χ2v) is 5.44. The van der Waals surface area contributed by atoms with Crippen LogP contribution in [0, 0.1) is 5.82 Å². The van der Waals surface area contributed by atoms with Crippen molar-refractivity contribution in [3.8, 4) is 0 Å². The lowest BCUT2D eigenvalue weighted by molar-refractivity contribution is -0.119. The summed E-state index contributed by atoms with van der Waals surface area (Å²) in [6.07, 6.45) is 0. The first-order valence-electron chi connectivity index (χ1n) is 6.38. The van der Waals surface area contributed by atoms with Crippen LogP contribution in [0.5, 0.6) is 0 Å². The number of thioether (sulfide) groups is 1. The molecule has 2 aromatic carbocycles. The molecule has 0 bridgehead atoms. The molecule has 0 spiro atoms. The molecule has 0 heterocycles. The maximum atomic E-state index is 13.4. The molecule has 2 nitrogen and oxygen atoms in total. The molecule has 0 saturated carbocycles. The van der Waals surface area contributed by atoms with Crippen molar-refractivity contribution < 1.29 is 9.18 Å². The zero-order chi connectivity index (χ0) is 14.4. The molecular formula is C16H16FNOS. The quantitative estimate of drug-likeness (QED) is 0.848. The summed E-state index contributed by atoms with van der Waals surface area (Å²) >= 11 is 1.21. The van der Waals surface area contributed by atoms with Crippen LogP contribution < -0.4 is 5.32 Å². The normalized spacial score (nSPS) is 11.9. The third-order valence-electron chi connectivity index (χ3n) is 2.87. The minimum atomic E-state index is -0.290. The second-order valence-electron chi connectivity index (χ2n) is 4.42. The maximum Gasteiger partial charge on any atom is 0.230 e. The first-order valence-corrected chi connectivity index (χ1v) is 7.37. The van der Waals surface area contributed by atoms with E-state index in [9.17, 15) is 9.18 Å². The summed E-state index contributed by atoms with van der Waals surface area (Å²) in [5, 5.41) is 2.90. The van der Waals surface area contributed by atoms with Gasteiger partial charge in [-0.05, 0) is 24.6 Å². The first-order chi connectivity index (χ1) is 9.66. The van der Waals surface area contributed by atoms with Crippen LogP contribution in [-0.2, 0) is 4.79 Å². The fraction of sp³-hybridized carbons (Fsp3) is 0.188. The van der Waals surface area contributed by atoms with Gasteiger partial charge in [-0.3, -0.25) is 4.79 Å². The molecule has 20 heavy (non-hydrogen) atoms. The van der Waals surface area contributed by atoms with E-state index in [-0.39, 0.29) is 23.5 Å². The number of hydrogen-bond acceptors (Lipinski definition) is 2. The fourth-order valence-corrected chi connectivity index (χ4v) is 2.56. The van der Waals surface area contributed by atoms with Crippen molar-refractivity contribution in [2.24, 2.45) is 0 Å². The molecule has 0 aliphatic carbocycles. The summed E-state index contributed by atoms with van der Waals surface area (Å²) in [5.41, 5.74) is 1.05. The number of amides is 1. The predicted octanol–water partition coefficient (Wildman–Crippen LogP) is 3.80. The van der Waals surface area contributed by atoms with E-state index in [1.54, 1.807) is 18.2 Å². The fourth-order valence-electron chi connectivity index (χ4n) is 1.81. The minimum absolute atomic E-state index is 0.0510. The van der Waals surface area contributed by atoms with Crippen molar-refractivity contribution in [2.45, 2.75) is 17.9 Å². The van der Waals surface area contributed by atoms with Gasteiger partial charge < -0.3 is 5.32 Å². The van der Waals surface area contributed by atoms with Crippen LogP contribution in [0.25, 0.3) is 0 Å². The highest BCUT2D eigenvalue weighted by molar-refractivity contribution is 8.00. The average Bonchev–Trinajstić information content (AvgIpc) is 2.47. The lowest BCUT2D eigenvalue weighted by Gasteiger charge is -2.14. The molecule has 4 heteroatoms. The third-order valence-corrected chi connectivity index (χ3v) is 3.92. The van der Waals surface area contributed by atoms with E-state index in [4.69, 9.17) is 0 Å². The summed E-state index contributed by atoms with van der Waals surface area (Å²) in [6.45, 7) is 1.93. The van der Waals surface area contributed by atoms with E-state index in [0.717, 1.165) is 5.56 Å². The molecule has 1 unspecified atom stereocenters. The van der Waals surface area contributed by atoms with Crippen LogP contribution in [0.4, 0.5) is 4.39 Å². The average molecular weight is 289 g/mol. The van der Waals surface area contributed by atoms with Crippen LogP contribution in [0.3, 0.4) is 0 Å². The highest BCUT2D eigenvalue weighted by Gasteiger charge is 2.10. The van der Waals surface area contributed by atoms with E-state index < -0.39 is 0 Å². The Morgan fingerprint density at radius 1 is 1.15 bits per heavy atom. The Labute approximate surface area is 122 Å². The minimum Gasteiger partial charge on any atom is -0.349 e. The predicted molar refractivity (Wildman–Crippen MR) is 80.1 cm³/mol. The van der Waals surface area contributed by atoms with Crippen LogP contribution >= 0.6 is 11.8 Å². The molecule has 0 aliphatic heterocycles. The Bertz CT molecular complexity index is 574. The number of carbonyl (C=O) groups is 1. The number of rotatable bonds is 5. The van der Waals surface area contributed by atoms with Crippen molar-refractivity contribution in [2.75, 3.05) is 5.75 Å². The lowest BCUT2D eigenvalue weighted by atomic mass is 10.1. The molecule has 1 N–H and O–H groups in total. The number of halogens is 1. The summed E-state index contributed by atoms with van der Waals surface area (Å²) in [5.74, 6) is -0.186. The second kappa shape index (κ2) is 7.10. The number of benzene rings is 2. The first kappa shape index (κ1) is 14.6. The van der Waals surface area contributed by atoms with Gasteiger partial charge in [-0.25, -0.2) is 4.39 Å². The third kappa shape index (κ3) is 4.10. The highest BCUT2D eigenvalue weighted by Crippen LogP contribution is 2.21. The van der Waals surface area contributed by atoms with Gasteiger partial charge in [0.2, 0.25) is 5.91 Å². The number of nitrogens with one attached hydrogen (secondary N) is 1. The van der Waals surface area contributed by atoms with Gasteiger partial charge in [0, 0.05) is 4.90 Å². The van der Waals surface area contributed by atoms with Gasteiger partial charge in [0.1, 0.15) is 5.82 Å². The molecule has 0 aromatic heterocycles. The van der Waals surface area contributed by atoms with Crippen LogP contribution in [0.15, 0.2) is 59.5 Å². The SMILES string of the molecule is CC(NC(=O)CSc1ccccc1F)c1ccccc1. The molecule has 104 valence electrons. The van der Waals surface area contributed by atoms with Gasteiger partial charge in [-0.2, -0.15) is 0 Å². The summed E-state index contributed by atoms with van der Waals surface area (Å²) in [4.78, 5) is 12.4. The topological polar surface area (TPSA) is 29.1 Å². The molecule has 1 amide bonds. The monoisotopic (exact) mass is 289 g/mol. The van der Waals surface area contributed by atoms with E-state index in [1.807, 2.05) is 37.3 Å². The molecule has 2 rings (SSSR count). The van der Waals surface area contributed by atoms with Crippen molar-refractivity contribution in [1.29, 1.82) is 0 Å². The summed E-state index contributed by atoms with van der Waals surface area (Å²) in [6, 6.07) is 16.2. The van der Waals surface area contributed by atoms with Gasteiger partial charge in [0.15, 0.2) is 0 Å². The van der Waals surface area contributed by atoms with Crippen molar-refractivity contribution in [3.05, 3.63) is 66.0 Å². The summed E-state index contributed by atoms with van der Waals surface area (Å²) < 4.78 is 13.4. The van der Waals surface area contributed by atoms with E-state index >= 15 is 0 Å². The van der Waals surface area contributed by atoms with Gasteiger partial charge >= 0.3 is 0 Å². The smallest absolute Gasteiger partial charge is 0.230 e. The lowest BCUT2D eigenvalue weighted by Crippen LogP contribution is -2.28. The van der Waals surface area contributed by atoms with E-state index in [0.29, 0.717) is 4.90 Å². The van der Waals surface area contributed by atoms with Gasteiger partial charge in [-0.15, -0.1) is 11.8 Å². The molecule has 1 atom stereocenters. The van der Waals surface area contributed by atoms with Crippen molar-refractivity contribution in [3.63, 3.8) is 0 Å². The van der Waals surface area contributed by atoms with Gasteiger partial charge in [0.25, 0.3) is 0 Å². The van der Waals surface area contributed by atoms with Crippen molar-refractivity contribution in [1.82, 2.24) is 5.32 Å². The maximum absolute atomic E-state index is 13.4. The van der Waals surface area contributed by atoms with Gasteiger partial charge in [0.05, 0.1) is 11.8 Å². The van der Waals surface area contributed by atoms with Crippen molar-refractivity contribution >= 4 is 17.7 Å². The van der Waals surface area contributed by atoms with Crippen LogP contribution in [0.1, 0.15) is 18.5 Å².